The standard InChI is InChI=1S/C21H27NO3/c1-4-18(25-20-13-9-8-12-19(20)24-3)21(23)22-16(2)14-15-17-10-6-5-7-11-17/h5-13,16,18H,4,14-15H2,1-3H3,(H,22,23)/t16-,18-/m0/s1. The Hall–Kier alpha value is -2.49. The van der Waals surface area contributed by atoms with Crippen LogP contribution in [0.4, 0.5) is 0 Å². The van der Waals surface area contributed by atoms with E-state index >= 15 is 0 Å². The van der Waals surface area contributed by atoms with E-state index in [0.717, 1.165) is 12.8 Å². The number of nitrogens with one attached hydrogen (secondary N) is 1. The lowest BCUT2D eigenvalue weighted by Gasteiger charge is -2.21. The second-order valence-corrected chi connectivity index (χ2v) is 6.10. The number of ether oxygens (including phenoxy) is 2. The van der Waals surface area contributed by atoms with Gasteiger partial charge in [0.2, 0.25) is 0 Å². The van der Waals surface area contributed by atoms with E-state index in [-0.39, 0.29) is 11.9 Å². The van der Waals surface area contributed by atoms with E-state index in [9.17, 15) is 4.79 Å². The molecule has 0 saturated heterocycles. The van der Waals surface area contributed by atoms with Gasteiger partial charge in [-0.15, -0.1) is 0 Å². The van der Waals surface area contributed by atoms with Gasteiger partial charge in [-0.2, -0.15) is 0 Å². The van der Waals surface area contributed by atoms with E-state index < -0.39 is 6.10 Å². The van der Waals surface area contributed by atoms with Crippen molar-refractivity contribution in [1.29, 1.82) is 0 Å². The summed E-state index contributed by atoms with van der Waals surface area (Å²) in [4.78, 5) is 12.5. The number of methoxy groups -OCH3 is 1. The molecule has 0 aliphatic heterocycles. The highest BCUT2D eigenvalue weighted by Gasteiger charge is 2.21. The Morgan fingerprint density at radius 3 is 2.32 bits per heavy atom. The van der Waals surface area contributed by atoms with E-state index in [1.54, 1.807) is 7.11 Å². The number of carbonyl (C=O) groups excluding carboxylic acids is 1. The molecule has 0 saturated carbocycles. The van der Waals surface area contributed by atoms with Gasteiger partial charge >= 0.3 is 0 Å². The summed E-state index contributed by atoms with van der Waals surface area (Å²) >= 11 is 0. The van der Waals surface area contributed by atoms with Crippen LogP contribution in [0.1, 0.15) is 32.3 Å². The van der Waals surface area contributed by atoms with Crippen LogP contribution in [-0.4, -0.2) is 25.2 Å². The van der Waals surface area contributed by atoms with E-state index in [0.29, 0.717) is 17.9 Å². The predicted octanol–water partition coefficient (Wildman–Crippen LogP) is 3.99. The third-order valence-corrected chi connectivity index (χ3v) is 4.10. The van der Waals surface area contributed by atoms with Crippen LogP contribution < -0.4 is 14.8 Å². The van der Waals surface area contributed by atoms with Gasteiger partial charge < -0.3 is 14.8 Å². The van der Waals surface area contributed by atoms with Crippen LogP contribution in [0.5, 0.6) is 11.5 Å². The van der Waals surface area contributed by atoms with Crippen LogP contribution in [0.3, 0.4) is 0 Å². The van der Waals surface area contributed by atoms with E-state index in [1.807, 2.05) is 56.3 Å². The van der Waals surface area contributed by atoms with Gasteiger partial charge in [0, 0.05) is 6.04 Å². The number of aryl methyl sites for hydroxylation is 1. The van der Waals surface area contributed by atoms with Gasteiger partial charge in [-0.3, -0.25) is 4.79 Å². The molecule has 4 nitrogen and oxygen atoms in total. The minimum atomic E-state index is -0.532. The van der Waals surface area contributed by atoms with Crippen LogP contribution in [0.15, 0.2) is 54.6 Å². The van der Waals surface area contributed by atoms with E-state index in [4.69, 9.17) is 9.47 Å². The first-order chi connectivity index (χ1) is 12.1. The summed E-state index contributed by atoms with van der Waals surface area (Å²) in [6.45, 7) is 3.96. The van der Waals surface area contributed by atoms with E-state index in [1.165, 1.54) is 5.56 Å². The van der Waals surface area contributed by atoms with Crippen molar-refractivity contribution in [2.24, 2.45) is 0 Å². The van der Waals surface area contributed by atoms with Crippen LogP contribution in [-0.2, 0) is 11.2 Å². The molecule has 2 aromatic carbocycles. The SMILES string of the molecule is CC[C@H](Oc1ccccc1OC)C(=O)N[C@@H](C)CCc1ccccc1. The summed E-state index contributed by atoms with van der Waals surface area (Å²) < 4.78 is 11.2. The summed E-state index contributed by atoms with van der Waals surface area (Å²) in [5.74, 6) is 1.13. The Labute approximate surface area is 150 Å². The Kier molecular flexibility index (Phi) is 7.33. The van der Waals surface area contributed by atoms with Gasteiger partial charge in [-0.25, -0.2) is 0 Å². The third-order valence-electron chi connectivity index (χ3n) is 4.10. The van der Waals surface area contributed by atoms with Crippen LogP contribution in [0, 0.1) is 0 Å². The monoisotopic (exact) mass is 341 g/mol. The summed E-state index contributed by atoms with van der Waals surface area (Å²) in [5, 5.41) is 3.05. The van der Waals surface area contributed by atoms with Crippen molar-refractivity contribution in [3.05, 3.63) is 60.2 Å². The maximum atomic E-state index is 12.5. The summed E-state index contributed by atoms with van der Waals surface area (Å²) in [6.07, 6.45) is 1.89. The maximum Gasteiger partial charge on any atom is 0.261 e. The second-order valence-electron chi connectivity index (χ2n) is 6.10. The lowest BCUT2D eigenvalue weighted by atomic mass is 10.1. The zero-order valence-corrected chi connectivity index (χ0v) is 15.2. The molecule has 0 bridgehead atoms. The lowest BCUT2D eigenvalue weighted by molar-refractivity contribution is -0.128. The molecule has 25 heavy (non-hydrogen) atoms. The second kappa shape index (κ2) is 9.72. The van der Waals surface area contributed by atoms with Crippen molar-refractivity contribution in [3.63, 3.8) is 0 Å². The molecule has 2 rings (SSSR count). The number of para-hydroxylation sites is 2. The molecule has 0 unspecified atom stereocenters. The molecule has 0 aromatic heterocycles. The maximum absolute atomic E-state index is 12.5. The molecule has 2 atom stereocenters. The highest BCUT2D eigenvalue weighted by atomic mass is 16.5. The molecule has 0 spiro atoms. The van der Waals surface area contributed by atoms with Gasteiger partial charge in [0.05, 0.1) is 7.11 Å². The zero-order chi connectivity index (χ0) is 18.1. The molecule has 0 aliphatic carbocycles. The number of benzene rings is 2. The Bertz CT molecular complexity index is 657. The Morgan fingerprint density at radius 1 is 1.04 bits per heavy atom. The van der Waals surface area contributed by atoms with Crippen LogP contribution >= 0.6 is 0 Å². The van der Waals surface area contributed by atoms with Gasteiger partial charge in [0.15, 0.2) is 17.6 Å². The van der Waals surface area contributed by atoms with Crippen molar-refractivity contribution >= 4 is 5.91 Å². The molecule has 1 amide bonds. The molecular weight excluding hydrogens is 314 g/mol. The highest BCUT2D eigenvalue weighted by molar-refractivity contribution is 5.81. The smallest absolute Gasteiger partial charge is 0.261 e. The van der Waals surface area contributed by atoms with Gasteiger partial charge in [-0.05, 0) is 43.9 Å². The van der Waals surface area contributed by atoms with E-state index in [2.05, 4.69) is 17.4 Å². The molecule has 0 aliphatic rings. The van der Waals surface area contributed by atoms with Crippen molar-refractivity contribution in [3.8, 4) is 11.5 Å². The zero-order valence-electron chi connectivity index (χ0n) is 15.2. The minimum Gasteiger partial charge on any atom is -0.493 e. The van der Waals surface area contributed by atoms with Gasteiger partial charge in [0.1, 0.15) is 0 Å². The average Bonchev–Trinajstić information content (AvgIpc) is 2.65. The minimum absolute atomic E-state index is 0.0861. The fourth-order valence-corrected chi connectivity index (χ4v) is 2.63. The van der Waals surface area contributed by atoms with Crippen molar-refractivity contribution in [2.45, 2.75) is 45.3 Å². The quantitative estimate of drug-likeness (QED) is 0.750. The molecular formula is C21H27NO3. The molecule has 2 aromatic rings. The highest BCUT2D eigenvalue weighted by Crippen LogP contribution is 2.27. The third kappa shape index (κ3) is 5.82. The predicted molar refractivity (Wildman–Crippen MR) is 100 cm³/mol. The number of hydrogen-bond acceptors (Lipinski definition) is 3. The molecule has 0 fully saturated rings. The molecule has 0 radical (unpaired) electrons. The van der Waals surface area contributed by atoms with Crippen molar-refractivity contribution in [1.82, 2.24) is 5.32 Å². The normalized spacial score (nSPS) is 12.9. The number of amides is 1. The first kappa shape index (κ1) is 18.8. The molecule has 134 valence electrons. The average molecular weight is 341 g/mol. The number of hydrogen-bond donors (Lipinski definition) is 1. The Balaban J connectivity index is 1.88. The fourth-order valence-electron chi connectivity index (χ4n) is 2.63. The van der Waals surface area contributed by atoms with Crippen molar-refractivity contribution in [2.75, 3.05) is 7.11 Å². The largest absolute Gasteiger partial charge is 0.493 e. The summed E-state index contributed by atoms with van der Waals surface area (Å²) in [7, 11) is 1.59. The first-order valence-corrected chi connectivity index (χ1v) is 8.78. The van der Waals surface area contributed by atoms with Crippen LogP contribution in [0.25, 0.3) is 0 Å². The summed E-state index contributed by atoms with van der Waals surface area (Å²) in [6, 6.07) is 17.7. The lowest BCUT2D eigenvalue weighted by Crippen LogP contribution is -2.42. The topological polar surface area (TPSA) is 47.6 Å². The summed E-state index contributed by atoms with van der Waals surface area (Å²) in [5.41, 5.74) is 1.28. The number of carbonyl (C=O) groups is 1. The van der Waals surface area contributed by atoms with Crippen LogP contribution in [0.2, 0.25) is 0 Å². The molecule has 4 heteroatoms. The molecule has 0 heterocycles. The molecule has 1 N–H and O–H groups in total. The van der Waals surface area contributed by atoms with Gasteiger partial charge in [0.25, 0.3) is 5.91 Å². The Morgan fingerprint density at radius 2 is 1.68 bits per heavy atom. The fraction of sp³-hybridized carbons (Fsp3) is 0.381. The van der Waals surface area contributed by atoms with Gasteiger partial charge in [-0.1, -0.05) is 49.4 Å². The van der Waals surface area contributed by atoms with Crippen molar-refractivity contribution < 1.29 is 14.3 Å². The first-order valence-electron chi connectivity index (χ1n) is 8.78. The number of rotatable bonds is 9.